The molecule has 11 nitrogen and oxygen atoms in total. The van der Waals surface area contributed by atoms with Gasteiger partial charge in [0.2, 0.25) is 0 Å². The van der Waals surface area contributed by atoms with E-state index in [1.807, 2.05) is 25.2 Å². The lowest BCUT2D eigenvalue weighted by molar-refractivity contribution is -0.368. The quantitative estimate of drug-likeness (QED) is 0.210. The molecule has 0 unspecified atom stereocenters. The highest BCUT2D eigenvalue weighted by molar-refractivity contribution is 5.91. The van der Waals surface area contributed by atoms with Crippen molar-refractivity contribution in [3.8, 4) is 0 Å². The van der Waals surface area contributed by atoms with E-state index in [1.54, 1.807) is 20.8 Å². The Morgan fingerprint density at radius 1 is 0.857 bits per heavy atom. The molecule has 0 aromatic rings. The van der Waals surface area contributed by atoms with Gasteiger partial charge in [-0.3, -0.25) is 9.59 Å². The first-order valence-corrected chi connectivity index (χ1v) is 21.3. The topological polar surface area (TPSA) is 180 Å². The molecule has 3 aliphatic rings. The van der Waals surface area contributed by atoms with Crippen molar-refractivity contribution in [3.63, 3.8) is 0 Å². The van der Waals surface area contributed by atoms with Gasteiger partial charge < -0.3 is 39.7 Å². The number of hydrogen-bond acceptors (Lipinski definition) is 11. The molecular weight excluding hydrogens is 716 g/mol. The monoisotopic (exact) mass is 791 g/mol. The largest absolute Gasteiger partial charge is 0.458 e. The van der Waals surface area contributed by atoms with Crippen LogP contribution in [0.4, 0.5) is 0 Å². The second-order valence-electron chi connectivity index (χ2n) is 17.7. The van der Waals surface area contributed by atoms with Crippen molar-refractivity contribution in [1.29, 1.82) is 0 Å². The third-order valence-corrected chi connectivity index (χ3v) is 13.2. The second-order valence-corrected chi connectivity index (χ2v) is 17.7. The zero-order chi connectivity index (χ0) is 42.1. The summed E-state index contributed by atoms with van der Waals surface area (Å²) in [6, 6.07) is 0. The predicted octanol–water partition coefficient (Wildman–Crippen LogP) is 6.03. The van der Waals surface area contributed by atoms with Gasteiger partial charge in [-0.05, 0) is 77.0 Å². The van der Waals surface area contributed by atoms with Crippen molar-refractivity contribution in [2.24, 2.45) is 47.3 Å². The Hall–Kier alpha value is -2.25. The summed E-state index contributed by atoms with van der Waals surface area (Å²) in [5.74, 6) is -7.37. The fourth-order valence-electron chi connectivity index (χ4n) is 9.23. The molecule has 320 valence electrons. The highest BCUT2D eigenvalue weighted by Crippen LogP contribution is 2.49. The van der Waals surface area contributed by atoms with Crippen LogP contribution in [0.3, 0.4) is 0 Å². The molecule has 3 heterocycles. The molecule has 11 heteroatoms. The van der Waals surface area contributed by atoms with Crippen molar-refractivity contribution < 1.29 is 54.1 Å². The summed E-state index contributed by atoms with van der Waals surface area (Å²) in [6.45, 7) is 17.1. The number of Topliss-reactive ketones (excluding diaryl/α,β-unsaturated/α-hetero) is 2. The van der Waals surface area contributed by atoms with Crippen LogP contribution < -0.4 is 0 Å². The maximum Gasteiger partial charge on any atom is 0.330 e. The molecule has 1 spiro atoms. The Balaban J connectivity index is 2.00. The third-order valence-electron chi connectivity index (χ3n) is 13.2. The lowest BCUT2D eigenvalue weighted by atomic mass is 9.74. The molecule has 56 heavy (non-hydrogen) atoms. The standard InChI is InChI=1S/C45H74O11/c1-11-33-18-15-13-14-17-27(4)42(51)44(10,53)43(52)32(9)40(50)31(8)39(49)30(7)38(48)26(3)20-23-37(47)54-41-29(6)36(22-21-33)56-45(35(41)12-2)24-16-19-34(55-45)25-28(5)46/h13-15,18,20,23,26-36,38,40-42,46,48,50-51,53H,11-12,16-17,19,21-22,24-25H2,1-10H3/b14-13+,18-15+,23-20+/t26-,27+,28+,29+,30-,31-,32-,33-,34+,35-,36-,38+,40+,41+,42-,44+,45+/m1/s1. The summed E-state index contributed by atoms with van der Waals surface area (Å²) in [7, 11) is 0. The number of aliphatic hydroxyl groups is 5. The number of hydrogen-bond donors (Lipinski definition) is 5. The van der Waals surface area contributed by atoms with Gasteiger partial charge in [-0.1, -0.05) is 85.8 Å². The zero-order valence-electron chi connectivity index (χ0n) is 35.7. The van der Waals surface area contributed by atoms with Crippen molar-refractivity contribution >= 4 is 17.5 Å². The Labute approximate surface area is 336 Å². The van der Waals surface area contributed by atoms with Gasteiger partial charge in [0.05, 0.1) is 42.5 Å². The van der Waals surface area contributed by atoms with Crippen molar-refractivity contribution in [2.75, 3.05) is 0 Å². The maximum absolute atomic E-state index is 13.6. The molecule has 3 aliphatic heterocycles. The third kappa shape index (κ3) is 11.7. The summed E-state index contributed by atoms with van der Waals surface area (Å²) in [5, 5.41) is 55.0. The Morgan fingerprint density at radius 3 is 2.14 bits per heavy atom. The van der Waals surface area contributed by atoms with Crippen LogP contribution in [0.15, 0.2) is 36.5 Å². The van der Waals surface area contributed by atoms with E-state index in [0.29, 0.717) is 32.1 Å². The van der Waals surface area contributed by atoms with Gasteiger partial charge in [0, 0.05) is 42.1 Å². The van der Waals surface area contributed by atoms with E-state index in [-0.39, 0.29) is 30.0 Å². The molecule has 17 atom stereocenters. The molecule has 2 saturated heterocycles. The Morgan fingerprint density at radius 2 is 1.52 bits per heavy atom. The smallest absolute Gasteiger partial charge is 0.330 e. The second kappa shape index (κ2) is 21.1. The van der Waals surface area contributed by atoms with Crippen LogP contribution >= 0.6 is 0 Å². The van der Waals surface area contributed by atoms with E-state index in [4.69, 9.17) is 14.2 Å². The zero-order valence-corrected chi connectivity index (χ0v) is 35.7. The molecule has 2 fully saturated rings. The molecule has 0 aromatic carbocycles. The number of allylic oxidation sites excluding steroid dienone is 4. The van der Waals surface area contributed by atoms with Crippen molar-refractivity contribution in [2.45, 2.75) is 181 Å². The predicted molar refractivity (Wildman–Crippen MR) is 215 cm³/mol. The molecule has 5 N–H and O–H groups in total. The van der Waals surface area contributed by atoms with Gasteiger partial charge in [-0.25, -0.2) is 4.79 Å². The number of esters is 1. The fourth-order valence-corrected chi connectivity index (χ4v) is 9.23. The number of carbonyl (C=O) groups excluding carboxylic acids is 3. The molecule has 0 radical (unpaired) electrons. The molecule has 0 saturated carbocycles. The van der Waals surface area contributed by atoms with Gasteiger partial charge in [0.15, 0.2) is 11.6 Å². The SMILES string of the molecule is CC[C@@H]1/C=C/C=C/C[C@H](C)[C@@H](O)[C@](C)(O)C(=O)[C@H](C)[C@@H](O)[C@H](C)C(=O)[C@H](C)[C@@H](O)[C@H](C)/C=C/C(=O)O[C@H]2[C@@H](C)[C@@H](CC1)O[C@@]1(CCC[C@@H](C[C@H](C)O)O1)[C@@H]2CC. The van der Waals surface area contributed by atoms with Crippen LogP contribution in [-0.4, -0.2) is 97.2 Å². The van der Waals surface area contributed by atoms with Gasteiger partial charge >= 0.3 is 5.97 Å². The van der Waals surface area contributed by atoms with Gasteiger partial charge in [-0.2, -0.15) is 0 Å². The number of ether oxygens (including phenoxy) is 3. The summed E-state index contributed by atoms with van der Waals surface area (Å²) in [5.41, 5.74) is -2.18. The highest BCUT2D eigenvalue weighted by Gasteiger charge is 2.56. The Kier molecular flexibility index (Phi) is 18.2. The molecule has 0 amide bonds. The molecular formula is C45H74O11. The van der Waals surface area contributed by atoms with E-state index in [9.17, 15) is 39.9 Å². The first-order valence-electron chi connectivity index (χ1n) is 21.3. The first kappa shape index (κ1) is 48.1. The average Bonchev–Trinajstić information content (AvgIpc) is 3.16. The van der Waals surface area contributed by atoms with Crippen LogP contribution in [0, 0.1) is 47.3 Å². The summed E-state index contributed by atoms with van der Waals surface area (Å²) >= 11 is 0. The number of carbonyl (C=O) groups is 3. The summed E-state index contributed by atoms with van der Waals surface area (Å²) in [6.07, 6.45) is 11.3. The lowest BCUT2D eigenvalue weighted by Crippen LogP contribution is -2.62. The minimum Gasteiger partial charge on any atom is -0.458 e. The average molecular weight is 791 g/mol. The van der Waals surface area contributed by atoms with Gasteiger partial charge in [0.25, 0.3) is 0 Å². The highest BCUT2D eigenvalue weighted by atomic mass is 16.7. The van der Waals surface area contributed by atoms with Crippen molar-refractivity contribution in [1.82, 2.24) is 0 Å². The normalized spacial score (nSPS) is 45.4. The first-order chi connectivity index (χ1) is 26.2. The number of fused-ring (bicyclic) bond motifs is 2. The number of aliphatic hydroxyl groups excluding tert-OH is 4. The minimum absolute atomic E-state index is 0.156. The fraction of sp³-hybridized carbons (Fsp3) is 0.800. The maximum atomic E-state index is 13.6. The summed E-state index contributed by atoms with van der Waals surface area (Å²) in [4.78, 5) is 40.6. The van der Waals surface area contributed by atoms with Crippen molar-refractivity contribution in [3.05, 3.63) is 36.5 Å². The number of ketones is 2. The van der Waals surface area contributed by atoms with Crippen LogP contribution in [0.25, 0.3) is 0 Å². The van der Waals surface area contributed by atoms with E-state index in [1.165, 1.54) is 39.8 Å². The molecule has 0 aliphatic carbocycles. The van der Waals surface area contributed by atoms with Gasteiger partial charge in [-0.15, -0.1) is 0 Å². The van der Waals surface area contributed by atoms with E-state index < -0.39 is 89.0 Å². The number of rotatable bonds is 4. The van der Waals surface area contributed by atoms with E-state index in [2.05, 4.69) is 19.9 Å². The van der Waals surface area contributed by atoms with E-state index >= 15 is 0 Å². The van der Waals surface area contributed by atoms with Crippen LogP contribution in [0.1, 0.15) is 127 Å². The van der Waals surface area contributed by atoms with Crippen LogP contribution in [-0.2, 0) is 28.6 Å². The van der Waals surface area contributed by atoms with Crippen LogP contribution in [0.5, 0.6) is 0 Å². The molecule has 3 rings (SSSR count). The molecule has 2 bridgehead atoms. The summed E-state index contributed by atoms with van der Waals surface area (Å²) < 4.78 is 20.1. The Bertz CT molecular complexity index is 1370. The van der Waals surface area contributed by atoms with E-state index in [0.717, 1.165) is 25.7 Å². The van der Waals surface area contributed by atoms with Gasteiger partial charge in [0.1, 0.15) is 17.5 Å². The van der Waals surface area contributed by atoms with Crippen LogP contribution in [0.2, 0.25) is 0 Å². The minimum atomic E-state index is -2.18. The molecule has 0 aromatic heterocycles. The lowest BCUT2D eigenvalue weighted by Gasteiger charge is -2.55.